The summed E-state index contributed by atoms with van der Waals surface area (Å²) in [6.07, 6.45) is 0. The summed E-state index contributed by atoms with van der Waals surface area (Å²) in [6.45, 7) is 0. The molecule has 0 saturated carbocycles. The summed E-state index contributed by atoms with van der Waals surface area (Å²) in [4.78, 5) is 0. The van der Waals surface area contributed by atoms with Crippen molar-refractivity contribution < 1.29 is 8.81 Å². The molecule has 5 heteroatoms. The number of nitrogens with two attached hydrogens (primary N) is 1. The highest BCUT2D eigenvalue weighted by Gasteiger charge is 2.15. The molecule has 1 heterocycles. The summed E-state index contributed by atoms with van der Waals surface area (Å²) in [5.41, 5.74) is 7.51. The van der Waals surface area contributed by atoms with Crippen LogP contribution in [-0.4, -0.2) is 0 Å². The maximum Gasteiger partial charge on any atom is 0.141 e. The Morgan fingerprint density at radius 1 is 1.05 bits per heavy atom. The number of rotatable bonds is 2. The van der Waals surface area contributed by atoms with Gasteiger partial charge in [0.25, 0.3) is 0 Å². The van der Waals surface area contributed by atoms with Gasteiger partial charge in [-0.05, 0) is 42.0 Å². The first-order valence-electron chi connectivity index (χ1n) is 5.94. The maximum absolute atomic E-state index is 13.2. The van der Waals surface area contributed by atoms with E-state index in [1.54, 1.807) is 24.3 Å². The van der Waals surface area contributed by atoms with Crippen LogP contribution in [-0.2, 0) is 0 Å². The lowest BCUT2D eigenvalue weighted by atomic mass is 10.1. The van der Waals surface area contributed by atoms with Crippen LogP contribution < -0.4 is 5.73 Å². The van der Waals surface area contributed by atoms with Crippen molar-refractivity contribution in [3.05, 3.63) is 69.7 Å². The van der Waals surface area contributed by atoms with Gasteiger partial charge in [-0.1, -0.05) is 29.3 Å². The van der Waals surface area contributed by atoms with Gasteiger partial charge >= 0.3 is 0 Å². The summed E-state index contributed by atoms with van der Waals surface area (Å²) >= 11 is 11.7. The molecule has 1 unspecified atom stereocenters. The number of benzene rings is 2. The molecule has 20 heavy (non-hydrogen) atoms. The summed E-state index contributed by atoms with van der Waals surface area (Å²) in [7, 11) is 0. The van der Waals surface area contributed by atoms with Gasteiger partial charge in [0.2, 0.25) is 0 Å². The first-order valence-corrected chi connectivity index (χ1v) is 6.70. The Morgan fingerprint density at radius 3 is 2.60 bits per heavy atom. The van der Waals surface area contributed by atoms with E-state index < -0.39 is 11.9 Å². The maximum atomic E-state index is 13.2. The molecule has 2 aromatic carbocycles. The quantitative estimate of drug-likeness (QED) is 0.729. The molecule has 1 aromatic heterocycles. The van der Waals surface area contributed by atoms with E-state index in [0.29, 0.717) is 21.9 Å². The van der Waals surface area contributed by atoms with Crippen LogP contribution in [0, 0.1) is 5.82 Å². The van der Waals surface area contributed by atoms with Gasteiger partial charge in [-0.3, -0.25) is 0 Å². The van der Waals surface area contributed by atoms with Crippen molar-refractivity contribution in [2.45, 2.75) is 6.04 Å². The minimum absolute atomic E-state index is 0.0390. The molecule has 2 N–H and O–H groups in total. The number of hydrogen-bond donors (Lipinski definition) is 1. The zero-order chi connectivity index (χ0) is 14.3. The first-order chi connectivity index (χ1) is 9.54. The summed E-state index contributed by atoms with van der Waals surface area (Å²) < 4.78 is 18.9. The molecule has 0 aliphatic heterocycles. The van der Waals surface area contributed by atoms with Crippen LogP contribution in [0.1, 0.15) is 17.4 Å². The van der Waals surface area contributed by atoms with Crippen molar-refractivity contribution in [3.8, 4) is 0 Å². The van der Waals surface area contributed by atoms with Gasteiger partial charge in [0, 0.05) is 10.4 Å². The Labute approximate surface area is 124 Å². The minimum atomic E-state index is -0.515. The molecule has 102 valence electrons. The molecule has 0 aliphatic carbocycles. The predicted molar refractivity (Wildman–Crippen MR) is 78.7 cm³/mol. The molecule has 1 atom stereocenters. The lowest BCUT2D eigenvalue weighted by Gasteiger charge is -2.09. The third kappa shape index (κ3) is 2.40. The molecule has 0 aliphatic rings. The van der Waals surface area contributed by atoms with E-state index in [2.05, 4.69) is 0 Å². The molecule has 0 saturated heterocycles. The van der Waals surface area contributed by atoms with E-state index in [1.807, 2.05) is 6.07 Å². The van der Waals surface area contributed by atoms with Crippen molar-refractivity contribution >= 4 is 34.2 Å². The number of fused-ring (bicyclic) bond motifs is 1. The molecular weight excluding hydrogens is 300 g/mol. The Morgan fingerprint density at radius 2 is 1.85 bits per heavy atom. The average Bonchev–Trinajstić information content (AvgIpc) is 2.84. The molecule has 3 aromatic rings. The second-order valence-electron chi connectivity index (χ2n) is 4.48. The number of halogens is 3. The van der Waals surface area contributed by atoms with Gasteiger partial charge < -0.3 is 10.2 Å². The van der Waals surface area contributed by atoms with Crippen molar-refractivity contribution in [2.75, 3.05) is 0 Å². The number of hydrogen-bond acceptors (Lipinski definition) is 2. The zero-order valence-electron chi connectivity index (χ0n) is 10.2. The predicted octanol–water partition coefficient (Wildman–Crippen LogP) is 4.93. The monoisotopic (exact) mass is 309 g/mol. The van der Waals surface area contributed by atoms with E-state index >= 15 is 0 Å². The molecule has 2 nitrogen and oxygen atoms in total. The summed E-state index contributed by atoms with van der Waals surface area (Å²) in [5, 5.41) is 1.54. The van der Waals surface area contributed by atoms with Gasteiger partial charge in [0.1, 0.15) is 17.2 Å². The lowest BCUT2D eigenvalue weighted by Crippen LogP contribution is -2.10. The van der Waals surface area contributed by atoms with Crippen LogP contribution in [0.15, 0.2) is 46.9 Å². The van der Waals surface area contributed by atoms with Gasteiger partial charge in [-0.25, -0.2) is 4.39 Å². The topological polar surface area (TPSA) is 39.2 Å². The molecule has 0 spiro atoms. The highest BCUT2D eigenvalue weighted by atomic mass is 35.5. The van der Waals surface area contributed by atoms with Crippen LogP contribution in [0.2, 0.25) is 10.0 Å². The van der Waals surface area contributed by atoms with E-state index in [9.17, 15) is 4.39 Å². The fraction of sp³-hybridized carbons (Fsp3) is 0.0667. The Bertz CT molecular complexity index is 785. The van der Waals surface area contributed by atoms with Crippen LogP contribution >= 0.6 is 23.2 Å². The second kappa shape index (κ2) is 5.09. The number of furan rings is 1. The highest BCUT2D eigenvalue weighted by molar-refractivity contribution is 6.31. The Hall–Kier alpha value is -1.55. The average molecular weight is 310 g/mol. The van der Waals surface area contributed by atoms with Crippen molar-refractivity contribution in [3.63, 3.8) is 0 Å². The van der Waals surface area contributed by atoms with Gasteiger partial charge in [0.05, 0.1) is 11.1 Å². The fourth-order valence-corrected chi connectivity index (χ4v) is 2.43. The molecule has 3 rings (SSSR count). The standard InChI is InChI=1S/C15H10Cl2FNO/c16-10-2-4-13-9(5-10)7-14(20-13)15(19)8-1-3-12(18)11(17)6-8/h1-7,15H,19H2. The molecule has 0 amide bonds. The van der Waals surface area contributed by atoms with Gasteiger partial charge in [-0.15, -0.1) is 0 Å². The van der Waals surface area contributed by atoms with Crippen LogP contribution in [0.5, 0.6) is 0 Å². The summed E-state index contributed by atoms with van der Waals surface area (Å²) in [5.74, 6) is 0.101. The second-order valence-corrected chi connectivity index (χ2v) is 5.33. The van der Waals surface area contributed by atoms with Crippen LogP contribution in [0.3, 0.4) is 0 Å². The smallest absolute Gasteiger partial charge is 0.141 e. The first kappa shape index (κ1) is 13.4. The van der Waals surface area contributed by atoms with E-state index in [4.69, 9.17) is 33.4 Å². The third-order valence-electron chi connectivity index (χ3n) is 3.11. The third-order valence-corrected chi connectivity index (χ3v) is 3.63. The Balaban J connectivity index is 2.02. The fourth-order valence-electron chi connectivity index (χ4n) is 2.06. The van der Waals surface area contributed by atoms with Gasteiger partial charge in [0.15, 0.2) is 0 Å². The SMILES string of the molecule is NC(c1ccc(F)c(Cl)c1)c1cc2cc(Cl)ccc2o1. The van der Waals surface area contributed by atoms with E-state index in [-0.39, 0.29) is 5.02 Å². The zero-order valence-corrected chi connectivity index (χ0v) is 11.8. The largest absolute Gasteiger partial charge is 0.459 e. The van der Waals surface area contributed by atoms with Gasteiger partial charge in [-0.2, -0.15) is 0 Å². The summed E-state index contributed by atoms with van der Waals surface area (Å²) in [6, 6.07) is 11.0. The van der Waals surface area contributed by atoms with Crippen molar-refractivity contribution in [1.82, 2.24) is 0 Å². The minimum Gasteiger partial charge on any atom is -0.459 e. The molecular formula is C15H10Cl2FNO. The molecule has 0 radical (unpaired) electrons. The van der Waals surface area contributed by atoms with E-state index in [1.165, 1.54) is 12.1 Å². The molecule has 0 fully saturated rings. The normalized spacial score (nSPS) is 12.8. The lowest BCUT2D eigenvalue weighted by molar-refractivity contribution is 0.524. The van der Waals surface area contributed by atoms with Crippen molar-refractivity contribution in [2.24, 2.45) is 5.73 Å². The Kier molecular flexibility index (Phi) is 3.42. The molecule has 0 bridgehead atoms. The van der Waals surface area contributed by atoms with Crippen molar-refractivity contribution in [1.29, 1.82) is 0 Å². The van der Waals surface area contributed by atoms with Crippen LogP contribution in [0.4, 0.5) is 4.39 Å². The van der Waals surface area contributed by atoms with E-state index in [0.717, 1.165) is 5.39 Å². The van der Waals surface area contributed by atoms with Crippen LogP contribution in [0.25, 0.3) is 11.0 Å². The highest BCUT2D eigenvalue weighted by Crippen LogP contribution is 2.29.